The van der Waals surface area contributed by atoms with Crippen molar-refractivity contribution >= 4 is 16.9 Å². The van der Waals surface area contributed by atoms with Gasteiger partial charge in [-0.2, -0.15) is 0 Å². The second-order valence-corrected chi connectivity index (χ2v) is 6.52. The molecule has 0 unspecified atom stereocenters. The molecule has 1 saturated carbocycles. The first kappa shape index (κ1) is 15.8. The summed E-state index contributed by atoms with van der Waals surface area (Å²) in [7, 11) is 3.48. The molecule has 2 heterocycles. The Balaban J connectivity index is 1.84. The zero-order chi connectivity index (χ0) is 16.7. The largest absolute Gasteiger partial charge is 0.479 e. The van der Waals surface area contributed by atoms with Gasteiger partial charge in [0.1, 0.15) is 0 Å². The summed E-state index contributed by atoms with van der Waals surface area (Å²) in [5, 5.41) is 8.37. The van der Waals surface area contributed by atoms with Gasteiger partial charge >= 0.3 is 0 Å². The number of hydrogen-bond acceptors (Lipinski definition) is 4. The van der Waals surface area contributed by atoms with Crippen molar-refractivity contribution in [1.29, 1.82) is 0 Å². The first-order valence-electron chi connectivity index (χ1n) is 8.08. The molecule has 0 aliphatic heterocycles. The highest BCUT2D eigenvalue weighted by Gasteiger charge is 2.33. The van der Waals surface area contributed by atoms with Crippen LogP contribution in [0.4, 0.5) is 0 Å². The van der Waals surface area contributed by atoms with E-state index in [9.17, 15) is 4.79 Å². The molecule has 1 N–H and O–H groups in total. The number of hydrogen-bond donors (Lipinski definition) is 1. The predicted octanol–water partition coefficient (Wildman–Crippen LogP) is 2.05. The van der Waals surface area contributed by atoms with Crippen molar-refractivity contribution in [2.45, 2.75) is 46.1 Å². The van der Waals surface area contributed by atoms with Gasteiger partial charge in [0.05, 0.1) is 12.5 Å². The van der Waals surface area contributed by atoms with E-state index in [0.717, 1.165) is 34.3 Å². The molecule has 2 aromatic rings. The Hall–Kier alpha value is -2.11. The van der Waals surface area contributed by atoms with E-state index in [2.05, 4.69) is 29.2 Å². The number of ether oxygens (including phenoxy) is 1. The first-order chi connectivity index (χ1) is 10.9. The third kappa shape index (κ3) is 2.90. The SMILES string of the molecule is COc1nn(C)c2nc(C)c(CCC(=O)N[C@H]3C[C@@H]3C)c(C)c12. The second-order valence-electron chi connectivity index (χ2n) is 6.52. The van der Waals surface area contributed by atoms with Gasteiger partial charge in [-0.05, 0) is 43.7 Å². The molecule has 2 aromatic heterocycles. The maximum Gasteiger partial charge on any atom is 0.242 e. The summed E-state index contributed by atoms with van der Waals surface area (Å²) in [6.07, 6.45) is 2.27. The van der Waals surface area contributed by atoms with Crippen LogP contribution in [-0.2, 0) is 18.3 Å². The van der Waals surface area contributed by atoms with Crippen molar-refractivity contribution < 1.29 is 9.53 Å². The van der Waals surface area contributed by atoms with Gasteiger partial charge < -0.3 is 10.1 Å². The zero-order valence-corrected chi connectivity index (χ0v) is 14.4. The highest BCUT2D eigenvalue weighted by Crippen LogP contribution is 2.31. The van der Waals surface area contributed by atoms with Crippen LogP contribution >= 0.6 is 0 Å². The number of methoxy groups -OCH3 is 1. The number of amides is 1. The van der Waals surface area contributed by atoms with E-state index in [1.807, 2.05) is 14.0 Å². The Kier molecular flexibility index (Phi) is 4.00. The van der Waals surface area contributed by atoms with E-state index in [1.54, 1.807) is 11.8 Å². The molecular formula is C17H24N4O2. The molecule has 1 amide bonds. The summed E-state index contributed by atoms with van der Waals surface area (Å²) >= 11 is 0. The Morgan fingerprint density at radius 3 is 2.74 bits per heavy atom. The number of nitrogens with one attached hydrogen (secondary N) is 1. The number of aryl methyl sites for hydroxylation is 3. The summed E-state index contributed by atoms with van der Waals surface area (Å²) in [6, 6.07) is 0.378. The first-order valence-corrected chi connectivity index (χ1v) is 8.08. The van der Waals surface area contributed by atoms with Crippen LogP contribution in [0.1, 0.15) is 36.6 Å². The lowest BCUT2D eigenvalue weighted by Gasteiger charge is -2.11. The molecule has 0 bridgehead atoms. The summed E-state index contributed by atoms with van der Waals surface area (Å²) in [6.45, 7) is 6.20. The molecule has 1 aliphatic carbocycles. The molecular weight excluding hydrogens is 292 g/mol. The van der Waals surface area contributed by atoms with Crippen LogP contribution in [0.25, 0.3) is 11.0 Å². The number of carbonyl (C=O) groups excluding carboxylic acids is 1. The van der Waals surface area contributed by atoms with E-state index < -0.39 is 0 Å². The van der Waals surface area contributed by atoms with Crippen molar-refractivity contribution in [1.82, 2.24) is 20.1 Å². The number of fused-ring (bicyclic) bond motifs is 1. The van der Waals surface area contributed by atoms with Gasteiger partial charge in [-0.25, -0.2) is 9.67 Å². The van der Waals surface area contributed by atoms with Gasteiger partial charge in [-0.1, -0.05) is 6.92 Å². The van der Waals surface area contributed by atoms with Crippen LogP contribution in [-0.4, -0.2) is 33.8 Å². The molecule has 0 aromatic carbocycles. The van der Waals surface area contributed by atoms with Gasteiger partial charge in [0.25, 0.3) is 0 Å². The van der Waals surface area contributed by atoms with Crippen LogP contribution in [0.2, 0.25) is 0 Å². The van der Waals surface area contributed by atoms with Crippen LogP contribution in [0.5, 0.6) is 5.88 Å². The van der Waals surface area contributed by atoms with Crippen molar-refractivity contribution in [2.24, 2.45) is 13.0 Å². The van der Waals surface area contributed by atoms with E-state index in [1.165, 1.54) is 0 Å². The second kappa shape index (κ2) is 5.83. The smallest absolute Gasteiger partial charge is 0.242 e. The van der Waals surface area contributed by atoms with Gasteiger partial charge in [0.2, 0.25) is 11.8 Å². The molecule has 6 heteroatoms. The molecule has 0 radical (unpaired) electrons. The van der Waals surface area contributed by atoms with Gasteiger partial charge in [-0.15, -0.1) is 5.10 Å². The average molecular weight is 316 g/mol. The van der Waals surface area contributed by atoms with Crippen molar-refractivity contribution in [2.75, 3.05) is 7.11 Å². The summed E-state index contributed by atoms with van der Waals surface area (Å²) in [5.74, 6) is 1.33. The molecule has 0 spiro atoms. The Morgan fingerprint density at radius 1 is 1.43 bits per heavy atom. The van der Waals surface area contributed by atoms with Crippen LogP contribution in [0.15, 0.2) is 0 Å². The maximum atomic E-state index is 12.1. The van der Waals surface area contributed by atoms with Gasteiger partial charge in [0.15, 0.2) is 5.65 Å². The summed E-state index contributed by atoms with van der Waals surface area (Å²) < 4.78 is 7.11. The molecule has 6 nitrogen and oxygen atoms in total. The number of nitrogens with zero attached hydrogens (tertiary/aromatic N) is 3. The van der Waals surface area contributed by atoms with Gasteiger partial charge in [-0.3, -0.25) is 4.79 Å². The van der Waals surface area contributed by atoms with Crippen LogP contribution < -0.4 is 10.1 Å². The maximum absolute atomic E-state index is 12.1. The molecule has 124 valence electrons. The third-order valence-corrected chi connectivity index (χ3v) is 4.77. The quantitative estimate of drug-likeness (QED) is 0.916. The lowest BCUT2D eigenvalue weighted by atomic mass is 10.00. The Labute approximate surface area is 136 Å². The predicted molar refractivity (Wildman–Crippen MR) is 88.6 cm³/mol. The molecule has 1 fully saturated rings. The summed E-state index contributed by atoms with van der Waals surface area (Å²) in [5.41, 5.74) is 3.98. The number of carbonyl (C=O) groups is 1. The fourth-order valence-corrected chi connectivity index (χ4v) is 3.15. The normalized spacial score (nSPS) is 19.9. The third-order valence-electron chi connectivity index (χ3n) is 4.77. The van der Waals surface area contributed by atoms with Crippen LogP contribution in [0.3, 0.4) is 0 Å². The molecule has 1 aliphatic rings. The average Bonchev–Trinajstić information content (AvgIpc) is 3.08. The minimum absolute atomic E-state index is 0.122. The van der Waals surface area contributed by atoms with E-state index in [0.29, 0.717) is 30.7 Å². The van der Waals surface area contributed by atoms with E-state index >= 15 is 0 Å². The Bertz CT molecular complexity index is 766. The number of rotatable bonds is 5. The minimum atomic E-state index is 0.122. The summed E-state index contributed by atoms with van der Waals surface area (Å²) in [4.78, 5) is 16.7. The lowest BCUT2D eigenvalue weighted by Crippen LogP contribution is -2.26. The van der Waals surface area contributed by atoms with E-state index in [-0.39, 0.29) is 5.91 Å². The van der Waals surface area contributed by atoms with Gasteiger partial charge in [0, 0.05) is 25.2 Å². The Morgan fingerprint density at radius 2 is 2.13 bits per heavy atom. The molecule has 0 saturated heterocycles. The highest BCUT2D eigenvalue weighted by molar-refractivity contribution is 5.86. The fourth-order valence-electron chi connectivity index (χ4n) is 3.15. The van der Waals surface area contributed by atoms with Crippen molar-refractivity contribution in [3.05, 3.63) is 16.8 Å². The van der Waals surface area contributed by atoms with Crippen molar-refractivity contribution in [3.63, 3.8) is 0 Å². The number of aromatic nitrogens is 3. The van der Waals surface area contributed by atoms with Crippen molar-refractivity contribution in [3.8, 4) is 5.88 Å². The number of pyridine rings is 1. The molecule has 2 atom stereocenters. The highest BCUT2D eigenvalue weighted by atomic mass is 16.5. The topological polar surface area (TPSA) is 69.0 Å². The minimum Gasteiger partial charge on any atom is -0.479 e. The van der Waals surface area contributed by atoms with Crippen LogP contribution in [0, 0.1) is 19.8 Å². The molecule has 3 rings (SSSR count). The standard InChI is InChI=1S/C17H24N4O2/c1-9-8-13(9)19-14(22)7-6-12-10(2)15-16(18-11(12)3)21(4)20-17(15)23-5/h9,13H,6-8H2,1-5H3,(H,19,22)/t9-,13-/m0/s1. The molecule has 23 heavy (non-hydrogen) atoms. The zero-order valence-electron chi connectivity index (χ0n) is 14.4. The fraction of sp³-hybridized carbons (Fsp3) is 0.588. The van der Waals surface area contributed by atoms with E-state index in [4.69, 9.17) is 4.74 Å². The monoisotopic (exact) mass is 316 g/mol. The lowest BCUT2D eigenvalue weighted by molar-refractivity contribution is -0.121.